The summed E-state index contributed by atoms with van der Waals surface area (Å²) in [5.41, 5.74) is 3.06. The van der Waals surface area contributed by atoms with E-state index in [2.05, 4.69) is 22.5 Å². The van der Waals surface area contributed by atoms with E-state index in [1.807, 2.05) is 48.0 Å². The van der Waals surface area contributed by atoms with Gasteiger partial charge in [-0.25, -0.2) is 0 Å². The van der Waals surface area contributed by atoms with Gasteiger partial charge < -0.3 is 5.11 Å². The van der Waals surface area contributed by atoms with Crippen molar-refractivity contribution < 1.29 is 9.67 Å². The van der Waals surface area contributed by atoms with Crippen molar-refractivity contribution in [1.29, 1.82) is 0 Å². The molecular formula is C15H15BrNO+. The molecule has 3 heteroatoms. The minimum absolute atomic E-state index is 0.273. The molecule has 1 heterocycles. The zero-order valence-electron chi connectivity index (χ0n) is 10.2. The molecule has 2 rings (SSSR count). The Morgan fingerprint density at radius 3 is 2.50 bits per heavy atom. The molecule has 0 atom stereocenters. The molecule has 0 aliphatic heterocycles. The average Bonchev–Trinajstić information content (AvgIpc) is 2.30. The number of benzene rings is 1. The molecule has 2 nitrogen and oxygen atoms in total. The molecule has 0 fully saturated rings. The number of aromatic hydroxyl groups is 1. The lowest BCUT2D eigenvalue weighted by Crippen LogP contribution is -2.32. The summed E-state index contributed by atoms with van der Waals surface area (Å²) in [6.45, 7) is 6.47. The van der Waals surface area contributed by atoms with E-state index in [0.29, 0.717) is 6.54 Å². The van der Waals surface area contributed by atoms with Crippen LogP contribution >= 0.6 is 15.9 Å². The van der Waals surface area contributed by atoms with Crippen molar-refractivity contribution in [2.75, 3.05) is 0 Å². The molecule has 0 unspecified atom stereocenters. The minimum atomic E-state index is 0.273. The maximum absolute atomic E-state index is 10.1. The molecule has 0 spiro atoms. The third-order valence-electron chi connectivity index (χ3n) is 2.71. The second-order valence-electron chi connectivity index (χ2n) is 4.30. The Balaban J connectivity index is 2.35. The first-order chi connectivity index (χ1) is 8.56. The number of aromatic nitrogens is 1. The fraction of sp³-hybridized carbons (Fsp3) is 0.133. The maximum atomic E-state index is 10.1. The highest BCUT2D eigenvalue weighted by molar-refractivity contribution is 9.11. The van der Waals surface area contributed by atoms with E-state index < -0.39 is 0 Å². The summed E-state index contributed by atoms with van der Waals surface area (Å²) >= 11 is 3.31. The summed E-state index contributed by atoms with van der Waals surface area (Å²) in [6, 6.07) is 10.0. The molecule has 18 heavy (non-hydrogen) atoms. The molecule has 0 radical (unpaired) electrons. The summed E-state index contributed by atoms with van der Waals surface area (Å²) in [4.78, 5) is 0. The number of pyridine rings is 1. The van der Waals surface area contributed by atoms with Gasteiger partial charge in [0.05, 0.1) is 4.48 Å². The fourth-order valence-electron chi connectivity index (χ4n) is 1.80. The molecule has 1 aromatic carbocycles. The molecule has 2 aromatic rings. The van der Waals surface area contributed by atoms with Crippen molar-refractivity contribution in [3.8, 4) is 16.9 Å². The fourth-order valence-corrected chi connectivity index (χ4v) is 2.09. The van der Waals surface area contributed by atoms with Crippen LogP contribution in [0.5, 0.6) is 5.75 Å². The predicted molar refractivity (Wildman–Crippen MR) is 76.5 cm³/mol. The first-order valence-electron chi connectivity index (χ1n) is 5.68. The van der Waals surface area contributed by atoms with Crippen LogP contribution in [0, 0.1) is 6.92 Å². The van der Waals surface area contributed by atoms with Gasteiger partial charge in [0.1, 0.15) is 0 Å². The molecule has 0 saturated carbocycles. The van der Waals surface area contributed by atoms with E-state index in [0.717, 1.165) is 15.6 Å². The standard InChI is InChI=1S/C15H14BrNO/c1-11-3-5-13(6-4-11)14-7-8-17(9-12(2)16)10-15(14)18/h3-8,10H,2,9H2,1H3/p+1. The topological polar surface area (TPSA) is 24.1 Å². The van der Waals surface area contributed by atoms with Gasteiger partial charge in [-0.05, 0) is 28.4 Å². The summed E-state index contributed by atoms with van der Waals surface area (Å²) in [5, 5.41) is 10.1. The molecular weight excluding hydrogens is 290 g/mol. The number of nitrogens with zero attached hydrogens (tertiary/aromatic N) is 1. The molecule has 92 valence electrons. The Hall–Kier alpha value is -1.61. The number of hydrogen-bond donors (Lipinski definition) is 1. The molecule has 0 saturated heterocycles. The van der Waals surface area contributed by atoms with E-state index in [-0.39, 0.29) is 5.75 Å². The van der Waals surface area contributed by atoms with Crippen LogP contribution in [-0.4, -0.2) is 5.11 Å². The van der Waals surface area contributed by atoms with Gasteiger partial charge in [0.15, 0.2) is 18.5 Å². The predicted octanol–water partition coefficient (Wildman–Crippen LogP) is 3.56. The maximum Gasteiger partial charge on any atom is 0.211 e. The van der Waals surface area contributed by atoms with E-state index in [1.54, 1.807) is 6.20 Å². The summed E-state index contributed by atoms with van der Waals surface area (Å²) in [7, 11) is 0. The lowest BCUT2D eigenvalue weighted by molar-refractivity contribution is -0.687. The summed E-state index contributed by atoms with van der Waals surface area (Å²) < 4.78 is 2.75. The van der Waals surface area contributed by atoms with Crippen molar-refractivity contribution in [3.63, 3.8) is 0 Å². The van der Waals surface area contributed by atoms with Gasteiger partial charge in [-0.15, -0.1) is 0 Å². The minimum Gasteiger partial charge on any atom is -0.502 e. The quantitative estimate of drug-likeness (QED) is 0.861. The van der Waals surface area contributed by atoms with Crippen LogP contribution in [0.3, 0.4) is 0 Å². The highest BCUT2D eigenvalue weighted by Crippen LogP contribution is 2.27. The molecule has 0 bridgehead atoms. The van der Waals surface area contributed by atoms with Gasteiger partial charge in [-0.2, -0.15) is 4.57 Å². The van der Waals surface area contributed by atoms with E-state index >= 15 is 0 Å². The molecule has 0 amide bonds. The number of rotatable bonds is 3. The van der Waals surface area contributed by atoms with Crippen LogP contribution in [0.4, 0.5) is 0 Å². The SMILES string of the molecule is C=C(Br)C[n+]1ccc(-c2ccc(C)cc2)c(O)c1. The molecule has 0 aliphatic carbocycles. The number of halogens is 1. The Morgan fingerprint density at radius 1 is 1.28 bits per heavy atom. The van der Waals surface area contributed by atoms with Crippen LogP contribution in [0.2, 0.25) is 0 Å². The van der Waals surface area contributed by atoms with Crippen LogP contribution in [0.15, 0.2) is 53.8 Å². The Bertz CT molecular complexity index is 576. The van der Waals surface area contributed by atoms with Crippen molar-refractivity contribution in [3.05, 3.63) is 59.4 Å². The van der Waals surface area contributed by atoms with Gasteiger partial charge >= 0.3 is 0 Å². The van der Waals surface area contributed by atoms with Crippen LogP contribution in [-0.2, 0) is 6.54 Å². The number of aryl methyl sites for hydroxylation is 1. The Labute approximate surface area is 115 Å². The third-order valence-corrected chi connectivity index (χ3v) is 2.96. The van der Waals surface area contributed by atoms with Crippen LogP contribution < -0.4 is 4.57 Å². The van der Waals surface area contributed by atoms with Crippen LogP contribution in [0.1, 0.15) is 5.56 Å². The Kier molecular flexibility index (Phi) is 3.82. The second kappa shape index (κ2) is 5.36. The second-order valence-corrected chi connectivity index (χ2v) is 5.42. The van der Waals surface area contributed by atoms with Gasteiger partial charge in [-0.3, -0.25) is 0 Å². The van der Waals surface area contributed by atoms with Crippen LogP contribution in [0.25, 0.3) is 11.1 Å². The normalized spacial score (nSPS) is 10.3. The van der Waals surface area contributed by atoms with Gasteiger partial charge in [-0.1, -0.05) is 36.4 Å². The highest BCUT2D eigenvalue weighted by atomic mass is 79.9. The molecule has 1 N–H and O–H groups in total. The highest BCUT2D eigenvalue weighted by Gasteiger charge is 2.10. The zero-order valence-corrected chi connectivity index (χ0v) is 11.8. The summed E-state index contributed by atoms with van der Waals surface area (Å²) in [5.74, 6) is 0.273. The van der Waals surface area contributed by atoms with Gasteiger partial charge in [0.2, 0.25) is 6.20 Å². The lowest BCUT2D eigenvalue weighted by Gasteiger charge is -2.04. The van der Waals surface area contributed by atoms with Gasteiger partial charge in [0.25, 0.3) is 0 Å². The number of hydrogen-bond acceptors (Lipinski definition) is 1. The smallest absolute Gasteiger partial charge is 0.211 e. The number of allylic oxidation sites excluding steroid dienone is 1. The first kappa shape index (κ1) is 12.8. The van der Waals surface area contributed by atoms with Crippen molar-refractivity contribution >= 4 is 15.9 Å². The molecule has 1 aromatic heterocycles. The van der Waals surface area contributed by atoms with E-state index in [1.165, 1.54) is 5.56 Å². The largest absolute Gasteiger partial charge is 0.502 e. The van der Waals surface area contributed by atoms with Gasteiger partial charge in [0, 0.05) is 11.6 Å². The zero-order chi connectivity index (χ0) is 13.1. The Morgan fingerprint density at radius 2 is 1.94 bits per heavy atom. The average molecular weight is 305 g/mol. The van der Waals surface area contributed by atoms with Crippen molar-refractivity contribution in [2.45, 2.75) is 13.5 Å². The molecule has 0 aliphatic rings. The van der Waals surface area contributed by atoms with Crippen molar-refractivity contribution in [1.82, 2.24) is 0 Å². The first-order valence-corrected chi connectivity index (χ1v) is 6.48. The van der Waals surface area contributed by atoms with E-state index in [4.69, 9.17) is 0 Å². The summed E-state index contributed by atoms with van der Waals surface area (Å²) in [6.07, 6.45) is 3.64. The van der Waals surface area contributed by atoms with Crippen molar-refractivity contribution in [2.24, 2.45) is 0 Å². The lowest BCUT2D eigenvalue weighted by atomic mass is 10.0. The monoisotopic (exact) mass is 304 g/mol. The van der Waals surface area contributed by atoms with E-state index in [9.17, 15) is 5.11 Å². The third kappa shape index (κ3) is 2.99.